The van der Waals surface area contributed by atoms with Gasteiger partial charge in [0, 0.05) is 19.1 Å². The van der Waals surface area contributed by atoms with Crippen LogP contribution in [0.2, 0.25) is 0 Å². The normalized spacial score (nSPS) is 25.2. The van der Waals surface area contributed by atoms with Gasteiger partial charge < -0.3 is 10.2 Å². The number of hydrogen-bond acceptors (Lipinski definition) is 2. The predicted octanol–water partition coefficient (Wildman–Crippen LogP) is 2.08. The summed E-state index contributed by atoms with van der Waals surface area (Å²) in [5.74, 6) is 0.485. The average Bonchev–Trinajstić information content (AvgIpc) is 2.39. The Bertz CT molecular complexity index is 356. The molecule has 2 rings (SSSR count). The van der Waals surface area contributed by atoms with E-state index in [2.05, 4.69) is 18.2 Å². The summed E-state index contributed by atoms with van der Waals surface area (Å²) in [6, 6.07) is 10.2. The molecular formula is C14H18O2. The van der Waals surface area contributed by atoms with Crippen LogP contribution in [0.1, 0.15) is 18.4 Å². The summed E-state index contributed by atoms with van der Waals surface area (Å²) >= 11 is 0. The molecule has 0 spiro atoms. The summed E-state index contributed by atoms with van der Waals surface area (Å²) < 4.78 is 0. The van der Waals surface area contributed by atoms with Crippen LogP contribution in [0.4, 0.5) is 0 Å². The van der Waals surface area contributed by atoms with Crippen molar-refractivity contribution >= 4 is 5.57 Å². The van der Waals surface area contributed by atoms with E-state index in [1.165, 1.54) is 11.1 Å². The molecule has 2 nitrogen and oxygen atoms in total. The van der Waals surface area contributed by atoms with Crippen LogP contribution in [0.3, 0.4) is 0 Å². The minimum atomic E-state index is 0.173. The predicted molar refractivity (Wildman–Crippen MR) is 64.8 cm³/mol. The summed E-state index contributed by atoms with van der Waals surface area (Å²) in [4.78, 5) is 0. The molecule has 0 bridgehead atoms. The van der Waals surface area contributed by atoms with Crippen LogP contribution >= 0.6 is 0 Å². The number of aliphatic hydroxyl groups excluding tert-OH is 2. The number of benzene rings is 1. The van der Waals surface area contributed by atoms with Gasteiger partial charge in [-0.3, -0.25) is 0 Å². The lowest BCUT2D eigenvalue weighted by molar-refractivity contribution is 0.175. The highest BCUT2D eigenvalue weighted by atomic mass is 16.3. The van der Waals surface area contributed by atoms with E-state index < -0.39 is 0 Å². The summed E-state index contributed by atoms with van der Waals surface area (Å²) in [5.41, 5.74) is 2.46. The van der Waals surface area contributed by atoms with Crippen molar-refractivity contribution in [3.05, 3.63) is 42.0 Å². The Morgan fingerprint density at radius 2 is 1.81 bits per heavy atom. The zero-order valence-corrected chi connectivity index (χ0v) is 9.34. The molecule has 0 saturated heterocycles. The van der Waals surface area contributed by atoms with Crippen LogP contribution in [-0.4, -0.2) is 23.4 Å². The van der Waals surface area contributed by atoms with Crippen LogP contribution in [0.25, 0.3) is 5.57 Å². The number of aliphatic hydroxyl groups is 2. The molecule has 1 aliphatic carbocycles. The molecule has 2 heteroatoms. The lowest BCUT2D eigenvalue weighted by Crippen LogP contribution is -2.19. The van der Waals surface area contributed by atoms with Gasteiger partial charge in [0.1, 0.15) is 0 Å². The van der Waals surface area contributed by atoms with Gasteiger partial charge in [-0.25, -0.2) is 0 Å². The highest BCUT2D eigenvalue weighted by Crippen LogP contribution is 2.33. The number of hydrogen-bond donors (Lipinski definition) is 2. The van der Waals surface area contributed by atoms with Gasteiger partial charge in [-0.15, -0.1) is 0 Å². The quantitative estimate of drug-likeness (QED) is 0.815. The molecule has 1 aliphatic rings. The fraction of sp³-hybridized carbons (Fsp3) is 0.429. The molecule has 0 unspecified atom stereocenters. The molecule has 86 valence electrons. The molecule has 0 aliphatic heterocycles. The molecular weight excluding hydrogens is 200 g/mol. The first-order valence-electron chi connectivity index (χ1n) is 5.81. The summed E-state index contributed by atoms with van der Waals surface area (Å²) in [6.07, 6.45) is 3.96. The Labute approximate surface area is 96.2 Å². The third kappa shape index (κ3) is 2.52. The molecule has 0 radical (unpaired) electrons. The van der Waals surface area contributed by atoms with Gasteiger partial charge in [-0.05, 0) is 29.9 Å². The van der Waals surface area contributed by atoms with E-state index in [1.807, 2.05) is 18.2 Å². The maximum Gasteiger partial charge on any atom is 0.0494 e. The van der Waals surface area contributed by atoms with Crippen molar-refractivity contribution < 1.29 is 10.2 Å². The molecule has 1 aromatic rings. The van der Waals surface area contributed by atoms with Gasteiger partial charge in [0.25, 0.3) is 0 Å². The first kappa shape index (κ1) is 11.4. The van der Waals surface area contributed by atoms with Crippen molar-refractivity contribution in [3.63, 3.8) is 0 Å². The molecule has 0 aromatic heterocycles. The summed E-state index contributed by atoms with van der Waals surface area (Å²) in [6.45, 7) is 0.382. The zero-order valence-electron chi connectivity index (χ0n) is 9.34. The minimum absolute atomic E-state index is 0.173. The van der Waals surface area contributed by atoms with Gasteiger partial charge in [0.05, 0.1) is 0 Å². The second-order valence-electron chi connectivity index (χ2n) is 4.49. The first-order chi connectivity index (χ1) is 7.83. The standard InChI is InChI=1S/C14H18O2/c15-9-11-6-12(10-16)8-14(7-11)13-4-2-1-3-5-13/h1-5,7,11-12,15-16H,6,8-10H2/t11-,12-/m1/s1. The minimum Gasteiger partial charge on any atom is -0.396 e. The zero-order chi connectivity index (χ0) is 11.4. The van der Waals surface area contributed by atoms with Gasteiger partial charge in [-0.1, -0.05) is 36.4 Å². The van der Waals surface area contributed by atoms with Crippen molar-refractivity contribution in [3.8, 4) is 0 Å². The molecule has 2 N–H and O–H groups in total. The van der Waals surface area contributed by atoms with Crippen molar-refractivity contribution in [2.24, 2.45) is 11.8 Å². The lowest BCUT2D eigenvalue weighted by Gasteiger charge is -2.26. The Kier molecular flexibility index (Phi) is 3.75. The monoisotopic (exact) mass is 218 g/mol. The van der Waals surface area contributed by atoms with E-state index in [-0.39, 0.29) is 25.0 Å². The van der Waals surface area contributed by atoms with E-state index in [0.29, 0.717) is 0 Å². The second-order valence-corrected chi connectivity index (χ2v) is 4.49. The number of rotatable bonds is 3. The van der Waals surface area contributed by atoms with E-state index in [9.17, 15) is 10.2 Å². The second kappa shape index (κ2) is 5.28. The summed E-state index contributed by atoms with van der Waals surface area (Å²) in [7, 11) is 0. The van der Waals surface area contributed by atoms with E-state index >= 15 is 0 Å². The Balaban J connectivity index is 2.22. The molecule has 0 saturated carbocycles. The van der Waals surface area contributed by atoms with Crippen molar-refractivity contribution in [1.82, 2.24) is 0 Å². The van der Waals surface area contributed by atoms with E-state index in [1.54, 1.807) is 0 Å². The summed E-state index contributed by atoms with van der Waals surface area (Å²) in [5, 5.41) is 18.5. The SMILES string of the molecule is OC[C@H]1C=C(c2ccccc2)C[C@H](CO)C1. The van der Waals surface area contributed by atoms with E-state index in [0.717, 1.165) is 12.8 Å². The van der Waals surface area contributed by atoms with Crippen LogP contribution in [-0.2, 0) is 0 Å². The lowest BCUT2D eigenvalue weighted by atomic mass is 9.81. The molecule has 1 aromatic carbocycles. The third-order valence-electron chi connectivity index (χ3n) is 3.22. The van der Waals surface area contributed by atoms with Crippen LogP contribution in [0.15, 0.2) is 36.4 Å². The first-order valence-corrected chi connectivity index (χ1v) is 5.81. The smallest absolute Gasteiger partial charge is 0.0494 e. The van der Waals surface area contributed by atoms with Gasteiger partial charge >= 0.3 is 0 Å². The average molecular weight is 218 g/mol. The molecule has 0 heterocycles. The molecule has 2 atom stereocenters. The highest BCUT2D eigenvalue weighted by Gasteiger charge is 2.21. The van der Waals surface area contributed by atoms with E-state index in [4.69, 9.17) is 0 Å². The topological polar surface area (TPSA) is 40.5 Å². The highest BCUT2D eigenvalue weighted by molar-refractivity contribution is 5.66. The Hall–Kier alpha value is -1.12. The molecule has 0 fully saturated rings. The number of allylic oxidation sites excluding steroid dienone is 1. The third-order valence-corrected chi connectivity index (χ3v) is 3.22. The molecule has 0 amide bonds. The van der Waals surface area contributed by atoms with Crippen molar-refractivity contribution in [1.29, 1.82) is 0 Å². The Morgan fingerprint density at radius 1 is 1.06 bits per heavy atom. The van der Waals surface area contributed by atoms with Crippen molar-refractivity contribution in [2.45, 2.75) is 12.8 Å². The molecule has 16 heavy (non-hydrogen) atoms. The maximum absolute atomic E-state index is 9.26. The van der Waals surface area contributed by atoms with Crippen molar-refractivity contribution in [2.75, 3.05) is 13.2 Å². The van der Waals surface area contributed by atoms with Gasteiger partial charge in [0.2, 0.25) is 0 Å². The Morgan fingerprint density at radius 3 is 2.44 bits per heavy atom. The van der Waals surface area contributed by atoms with Crippen LogP contribution < -0.4 is 0 Å². The van der Waals surface area contributed by atoms with Gasteiger partial charge in [-0.2, -0.15) is 0 Å². The largest absolute Gasteiger partial charge is 0.396 e. The fourth-order valence-electron chi connectivity index (χ4n) is 2.38. The fourth-order valence-corrected chi connectivity index (χ4v) is 2.38. The van der Waals surface area contributed by atoms with Gasteiger partial charge in [0.15, 0.2) is 0 Å². The van der Waals surface area contributed by atoms with Crippen LogP contribution in [0.5, 0.6) is 0 Å². The maximum atomic E-state index is 9.26. The van der Waals surface area contributed by atoms with Crippen LogP contribution in [0, 0.1) is 11.8 Å².